The van der Waals surface area contributed by atoms with Crippen LogP contribution in [0.1, 0.15) is 50.2 Å². The predicted molar refractivity (Wildman–Crippen MR) is 127 cm³/mol. The molecule has 0 bridgehead atoms. The number of hydrogen-bond donors (Lipinski definition) is 0. The highest BCUT2D eigenvalue weighted by molar-refractivity contribution is 7.98. The van der Waals surface area contributed by atoms with Crippen molar-refractivity contribution in [2.45, 2.75) is 46.3 Å². The van der Waals surface area contributed by atoms with Gasteiger partial charge in [-0.2, -0.15) is 22.1 Å². The Kier molecular flexibility index (Phi) is 8.79. The minimum atomic E-state index is -0.973. The van der Waals surface area contributed by atoms with Crippen LogP contribution in [0.3, 0.4) is 0 Å². The first-order valence-electron chi connectivity index (χ1n) is 10.3. The van der Waals surface area contributed by atoms with Crippen LogP contribution in [0.4, 0.5) is 4.79 Å². The molecule has 7 nitrogen and oxygen atoms in total. The molecule has 0 saturated carbocycles. The molecule has 172 valence electrons. The molecule has 1 heterocycles. The SMILES string of the molecule is CSCCOC(=O)OC(C)O/C(=C(/C#N)c1ccc(C(C)(C)C)cc1)c1cc(C)nn1C. The van der Waals surface area contributed by atoms with Crippen LogP contribution in [0, 0.1) is 18.3 Å². The summed E-state index contributed by atoms with van der Waals surface area (Å²) in [6, 6.07) is 11.9. The first-order chi connectivity index (χ1) is 15.1. The Balaban J connectivity index is 2.41. The molecule has 0 spiro atoms. The number of rotatable bonds is 8. The molecule has 0 fully saturated rings. The average Bonchev–Trinajstić information content (AvgIpc) is 3.05. The minimum Gasteiger partial charge on any atom is -0.451 e. The van der Waals surface area contributed by atoms with Gasteiger partial charge in [0, 0.05) is 19.7 Å². The highest BCUT2D eigenvalue weighted by Gasteiger charge is 2.22. The van der Waals surface area contributed by atoms with Crippen molar-refractivity contribution in [2.75, 3.05) is 18.6 Å². The van der Waals surface area contributed by atoms with Crippen molar-refractivity contribution in [3.8, 4) is 6.07 Å². The zero-order valence-electron chi connectivity index (χ0n) is 19.8. The Morgan fingerprint density at radius 2 is 1.91 bits per heavy atom. The van der Waals surface area contributed by atoms with Crippen molar-refractivity contribution in [3.63, 3.8) is 0 Å². The Labute approximate surface area is 194 Å². The van der Waals surface area contributed by atoms with Crippen molar-refractivity contribution >= 4 is 29.2 Å². The van der Waals surface area contributed by atoms with E-state index in [1.54, 1.807) is 30.4 Å². The zero-order chi connectivity index (χ0) is 23.9. The molecule has 2 rings (SSSR count). The molecule has 0 aliphatic heterocycles. The summed E-state index contributed by atoms with van der Waals surface area (Å²) in [5.74, 6) is 0.955. The summed E-state index contributed by atoms with van der Waals surface area (Å²) in [5, 5.41) is 14.4. The Morgan fingerprint density at radius 1 is 1.25 bits per heavy atom. The smallest absolute Gasteiger partial charge is 0.451 e. The summed E-state index contributed by atoms with van der Waals surface area (Å²) in [6.07, 6.45) is 0.129. The molecule has 1 unspecified atom stereocenters. The Bertz CT molecular complexity index is 998. The molecular formula is C24H31N3O4S. The Hall–Kier alpha value is -2.92. The number of carbonyl (C=O) groups excluding carboxylic acids is 1. The van der Waals surface area contributed by atoms with Crippen molar-refractivity contribution in [1.29, 1.82) is 5.26 Å². The van der Waals surface area contributed by atoms with Gasteiger partial charge in [-0.05, 0) is 35.8 Å². The van der Waals surface area contributed by atoms with Gasteiger partial charge < -0.3 is 14.2 Å². The average molecular weight is 458 g/mol. The molecule has 0 saturated heterocycles. The van der Waals surface area contributed by atoms with E-state index in [0.29, 0.717) is 22.6 Å². The molecule has 8 heteroatoms. The van der Waals surface area contributed by atoms with Crippen LogP contribution < -0.4 is 0 Å². The molecular weight excluding hydrogens is 426 g/mol. The van der Waals surface area contributed by atoms with Crippen molar-refractivity contribution in [2.24, 2.45) is 7.05 Å². The number of nitrogens with zero attached hydrogens (tertiary/aromatic N) is 3. The number of ether oxygens (including phenoxy) is 3. The van der Waals surface area contributed by atoms with Gasteiger partial charge in [0.05, 0.1) is 5.69 Å². The van der Waals surface area contributed by atoms with Crippen LogP contribution in [0.15, 0.2) is 30.3 Å². The summed E-state index contributed by atoms with van der Waals surface area (Å²) in [7, 11) is 1.77. The maximum absolute atomic E-state index is 11.9. The van der Waals surface area contributed by atoms with Crippen LogP contribution in [-0.2, 0) is 26.7 Å². The van der Waals surface area contributed by atoms with E-state index in [0.717, 1.165) is 11.3 Å². The zero-order valence-corrected chi connectivity index (χ0v) is 20.6. The van der Waals surface area contributed by atoms with E-state index in [1.807, 2.05) is 43.5 Å². The van der Waals surface area contributed by atoms with Gasteiger partial charge in [0.2, 0.25) is 6.29 Å². The summed E-state index contributed by atoms with van der Waals surface area (Å²) in [4.78, 5) is 11.9. The number of nitriles is 1. The second kappa shape index (κ2) is 11.1. The van der Waals surface area contributed by atoms with E-state index >= 15 is 0 Å². The quantitative estimate of drug-likeness (QED) is 0.175. The van der Waals surface area contributed by atoms with Crippen molar-refractivity contribution in [1.82, 2.24) is 9.78 Å². The standard InChI is InChI=1S/C24H31N3O4S/c1-16-14-21(27(6)26-16)22(30-17(2)31-23(28)29-12-13-32-7)20(15-25)18-8-10-19(11-9-18)24(3,4)5/h8-11,14,17H,12-13H2,1-7H3/b22-20-. The molecule has 32 heavy (non-hydrogen) atoms. The van der Waals surface area contributed by atoms with Crippen LogP contribution in [0.2, 0.25) is 0 Å². The predicted octanol–water partition coefficient (Wildman–Crippen LogP) is 5.30. The first kappa shape index (κ1) is 25.3. The topological polar surface area (TPSA) is 86.4 Å². The molecule has 0 amide bonds. The highest BCUT2D eigenvalue weighted by Crippen LogP contribution is 2.31. The van der Waals surface area contributed by atoms with E-state index in [2.05, 4.69) is 31.9 Å². The molecule has 1 aromatic carbocycles. The number of thioether (sulfide) groups is 1. The van der Waals surface area contributed by atoms with Gasteiger partial charge in [-0.3, -0.25) is 4.68 Å². The van der Waals surface area contributed by atoms with Crippen LogP contribution in [0.5, 0.6) is 0 Å². The largest absolute Gasteiger partial charge is 0.511 e. The minimum absolute atomic E-state index is 0.00741. The third kappa shape index (κ3) is 6.79. The van der Waals surface area contributed by atoms with Gasteiger partial charge in [-0.1, -0.05) is 45.0 Å². The molecule has 0 N–H and O–H groups in total. The Morgan fingerprint density at radius 3 is 2.41 bits per heavy atom. The molecule has 0 aliphatic rings. The normalized spacial score (nSPS) is 13.1. The van der Waals surface area contributed by atoms with Gasteiger partial charge >= 0.3 is 6.16 Å². The lowest BCUT2D eigenvalue weighted by Gasteiger charge is -2.20. The van der Waals surface area contributed by atoms with Crippen LogP contribution in [-0.4, -0.2) is 40.8 Å². The number of hydrogen-bond acceptors (Lipinski definition) is 7. The second-order valence-corrected chi connectivity index (χ2v) is 9.32. The summed E-state index contributed by atoms with van der Waals surface area (Å²) >= 11 is 1.56. The summed E-state index contributed by atoms with van der Waals surface area (Å²) < 4.78 is 17.9. The van der Waals surface area contributed by atoms with Crippen molar-refractivity contribution < 1.29 is 19.0 Å². The fraction of sp³-hybridized carbons (Fsp3) is 0.458. The van der Waals surface area contributed by atoms with Gasteiger partial charge in [0.25, 0.3) is 0 Å². The van der Waals surface area contributed by atoms with Gasteiger partial charge in [0.1, 0.15) is 23.9 Å². The molecule has 0 radical (unpaired) electrons. The number of aromatic nitrogens is 2. The lowest BCUT2D eigenvalue weighted by molar-refractivity contribution is -0.0658. The van der Waals surface area contributed by atoms with E-state index in [4.69, 9.17) is 14.2 Å². The van der Waals surface area contributed by atoms with Gasteiger partial charge in [0.15, 0.2) is 5.76 Å². The number of aryl methyl sites for hydroxylation is 2. The second-order valence-electron chi connectivity index (χ2n) is 8.33. The van der Waals surface area contributed by atoms with Gasteiger partial charge in [-0.25, -0.2) is 4.79 Å². The molecule has 0 aliphatic carbocycles. The maximum atomic E-state index is 11.9. The van der Waals surface area contributed by atoms with E-state index in [-0.39, 0.29) is 17.8 Å². The van der Waals surface area contributed by atoms with Crippen molar-refractivity contribution in [3.05, 3.63) is 52.8 Å². The lowest BCUT2D eigenvalue weighted by atomic mass is 9.86. The monoisotopic (exact) mass is 457 g/mol. The third-order valence-electron chi connectivity index (χ3n) is 4.67. The van der Waals surface area contributed by atoms with E-state index in [9.17, 15) is 10.1 Å². The van der Waals surface area contributed by atoms with Gasteiger partial charge in [-0.15, -0.1) is 0 Å². The maximum Gasteiger partial charge on any atom is 0.511 e. The van der Waals surface area contributed by atoms with Crippen LogP contribution >= 0.6 is 11.8 Å². The third-order valence-corrected chi connectivity index (χ3v) is 5.24. The molecule has 1 aromatic heterocycles. The molecule has 2 aromatic rings. The first-order valence-corrected chi connectivity index (χ1v) is 11.7. The van der Waals surface area contributed by atoms with Crippen LogP contribution in [0.25, 0.3) is 11.3 Å². The highest BCUT2D eigenvalue weighted by atomic mass is 32.2. The fourth-order valence-corrected chi connectivity index (χ4v) is 3.27. The summed E-state index contributed by atoms with van der Waals surface area (Å²) in [6.45, 7) is 10.1. The number of carbonyl (C=O) groups is 1. The number of benzene rings is 1. The van der Waals surface area contributed by atoms with E-state index in [1.165, 1.54) is 0 Å². The molecule has 1 atom stereocenters. The fourth-order valence-electron chi connectivity index (χ4n) is 3.02. The lowest BCUT2D eigenvalue weighted by Crippen LogP contribution is -2.20. The number of allylic oxidation sites excluding steroid dienone is 1. The summed E-state index contributed by atoms with van der Waals surface area (Å²) in [5.41, 5.74) is 3.54. The van der Waals surface area contributed by atoms with E-state index < -0.39 is 12.4 Å².